The monoisotopic (exact) mass is 377 g/mol. The van der Waals surface area contributed by atoms with Crippen molar-refractivity contribution in [3.05, 3.63) is 29.3 Å². The Bertz CT molecular complexity index is 821. The number of amides is 1. The van der Waals surface area contributed by atoms with Crippen LogP contribution in [0.2, 0.25) is 0 Å². The van der Waals surface area contributed by atoms with E-state index in [-0.39, 0.29) is 23.4 Å². The second kappa shape index (κ2) is 7.74. The van der Waals surface area contributed by atoms with Crippen LogP contribution in [0.5, 0.6) is 0 Å². The molecule has 0 aromatic heterocycles. The van der Waals surface area contributed by atoms with Crippen molar-refractivity contribution in [1.29, 1.82) is 5.26 Å². The maximum Gasteiger partial charge on any atom is 0.255 e. The highest BCUT2D eigenvalue weighted by atomic mass is 32.2. The van der Waals surface area contributed by atoms with E-state index in [4.69, 9.17) is 10.00 Å². The largest absolute Gasteiger partial charge is 0.379 e. The quantitative estimate of drug-likeness (QED) is 0.699. The van der Waals surface area contributed by atoms with Gasteiger partial charge in [-0.3, -0.25) is 4.79 Å². The van der Waals surface area contributed by atoms with E-state index in [1.807, 2.05) is 13.0 Å². The summed E-state index contributed by atoms with van der Waals surface area (Å²) in [4.78, 5) is 14.5. The summed E-state index contributed by atoms with van der Waals surface area (Å²) in [5.41, 5.74) is 1.00. The van der Waals surface area contributed by atoms with E-state index in [2.05, 4.69) is 0 Å². The number of rotatable bonds is 6. The fraction of sp³-hybridized carbons (Fsp3) is 0.556. The van der Waals surface area contributed by atoms with Gasteiger partial charge in [0, 0.05) is 24.7 Å². The van der Waals surface area contributed by atoms with Crippen LogP contribution in [0, 0.1) is 11.3 Å². The van der Waals surface area contributed by atoms with Gasteiger partial charge in [0.25, 0.3) is 5.91 Å². The van der Waals surface area contributed by atoms with Crippen LogP contribution < -0.4 is 0 Å². The van der Waals surface area contributed by atoms with E-state index in [0.29, 0.717) is 43.9 Å². The van der Waals surface area contributed by atoms with Gasteiger partial charge in [0.1, 0.15) is 6.54 Å². The summed E-state index contributed by atoms with van der Waals surface area (Å²) in [7, 11) is -3.69. The van der Waals surface area contributed by atoms with Crippen molar-refractivity contribution >= 4 is 15.9 Å². The standard InChI is InChI=1S/C18H23N3O4S/c1-2-14-3-4-15(18(22)21(8-7-19)16-5-6-16)13-17(14)26(23,24)20-9-11-25-12-10-20/h3-4,13,16H,2,5-6,8-12H2,1H3. The first-order valence-corrected chi connectivity index (χ1v) is 10.3. The number of sulfonamides is 1. The number of nitrogens with zero attached hydrogens (tertiary/aromatic N) is 3. The lowest BCUT2D eigenvalue weighted by Crippen LogP contribution is -2.41. The molecule has 0 unspecified atom stereocenters. The van der Waals surface area contributed by atoms with Gasteiger partial charge in [-0.05, 0) is 37.0 Å². The normalized spacial score (nSPS) is 18.3. The van der Waals surface area contributed by atoms with Crippen molar-refractivity contribution in [2.75, 3.05) is 32.8 Å². The fourth-order valence-corrected chi connectivity index (χ4v) is 4.87. The molecule has 7 nitrogen and oxygen atoms in total. The maximum absolute atomic E-state index is 13.1. The van der Waals surface area contributed by atoms with Crippen LogP contribution in [0.1, 0.15) is 35.7 Å². The Morgan fingerprint density at radius 2 is 2.04 bits per heavy atom. The predicted octanol–water partition coefficient (Wildman–Crippen LogP) is 1.40. The number of hydrogen-bond donors (Lipinski definition) is 0. The van der Waals surface area contributed by atoms with E-state index in [1.54, 1.807) is 12.1 Å². The molecule has 1 aliphatic carbocycles. The molecule has 2 aliphatic rings. The lowest BCUT2D eigenvalue weighted by molar-refractivity contribution is 0.0729. The van der Waals surface area contributed by atoms with Crippen LogP contribution in [0.3, 0.4) is 0 Å². The van der Waals surface area contributed by atoms with Gasteiger partial charge in [0.2, 0.25) is 10.0 Å². The molecule has 1 heterocycles. The first-order chi connectivity index (χ1) is 12.5. The molecule has 1 aromatic carbocycles. The van der Waals surface area contributed by atoms with Crippen molar-refractivity contribution in [1.82, 2.24) is 9.21 Å². The van der Waals surface area contributed by atoms with Gasteiger partial charge in [-0.1, -0.05) is 13.0 Å². The third kappa shape index (κ3) is 3.75. The summed E-state index contributed by atoms with van der Waals surface area (Å²) in [6, 6.07) is 6.95. The average Bonchev–Trinajstić information content (AvgIpc) is 3.50. The lowest BCUT2D eigenvalue weighted by atomic mass is 10.1. The molecule has 26 heavy (non-hydrogen) atoms. The van der Waals surface area contributed by atoms with Crippen LogP contribution in [-0.2, 0) is 21.2 Å². The van der Waals surface area contributed by atoms with Gasteiger partial charge in [0.05, 0.1) is 24.2 Å². The van der Waals surface area contributed by atoms with Crippen LogP contribution in [0.25, 0.3) is 0 Å². The number of benzene rings is 1. The van der Waals surface area contributed by atoms with Crippen LogP contribution >= 0.6 is 0 Å². The molecular formula is C18H23N3O4S. The molecule has 1 aromatic rings. The number of carbonyl (C=O) groups is 1. The van der Waals surface area contributed by atoms with Gasteiger partial charge >= 0.3 is 0 Å². The van der Waals surface area contributed by atoms with Gasteiger partial charge in [-0.25, -0.2) is 8.42 Å². The van der Waals surface area contributed by atoms with Gasteiger partial charge in [-0.2, -0.15) is 9.57 Å². The molecule has 2 fully saturated rings. The summed E-state index contributed by atoms with van der Waals surface area (Å²) in [5.74, 6) is -0.282. The Balaban J connectivity index is 1.96. The third-order valence-electron chi connectivity index (χ3n) is 4.77. The SMILES string of the molecule is CCc1ccc(C(=O)N(CC#N)C2CC2)cc1S(=O)(=O)N1CCOCC1. The number of ether oxygens (including phenoxy) is 1. The first kappa shape index (κ1) is 18.8. The maximum atomic E-state index is 13.1. The molecule has 0 spiro atoms. The lowest BCUT2D eigenvalue weighted by Gasteiger charge is -2.27. The van der Waals surface area contributed by atoms with Crippen LogP contribution in [-0.4, -0.2) is 62.4 Å². The topological polar surface area (TPSA) is 90.7 Å². The molecule has 0 atom stereocenters. The van der Waals surface area contributed by atoms with E-state index in [9.17, 15) is 13.2 Å². The van der Waals surface area contributed by atoms with Crippen molar-refractivity contribution < 1.29 is 17.9 Å². The zero-order valence-corrected chi connectivity index (χ0v) is 15.7. The molecule has 1 saturated carbocycles. The zero-order valence-electron chi connectivity index (χ0n) is 14.8. The van der Waals surface area contributed by atoms with Crippen LogP contribution in [0.15, 0.2) is 23.1 Å². The van der Waals surface area contributed by atoms with E-state index >= 15 is 0 Å². The molecule has 8 heteroatoms. The van der Waals surface area contributed by atoms with E-state index < -0.39 is 10.0 Å². The van der Waals surface area contributed by atoms with Gasteiger partial charge < -0.3 is 9.64 Å². The highest BCUT2D eigenvalue weighted by molar-refractivity contribution is 7.89. The Morgan fingerprint density at radius 1 is 1.35 bits per heavy atom. The minimum absolute atomic E-state index is 0.0184. The van der Waals surface area contributed by atoms with Crippen molar-refractivity contribution in [2.24, 2.45) is 0 Å². The molecule has 0 radical (unpaired) electrons. The summed E-state index contributed by atoms with van der Waals surface area (Å²) >= 11 is 0. The molecule has 1 aliphatic heterocycles. The van der Waals surface area contributed by atoms with Crippen molar-refractivity contribution in [3.63, 3.8) is 0 Å². The number of morpholine rings is 1. The summed E-state index contributed by atoms with van der Waals surface area (Å²) in [6.45, 7) is 3.28. The molecule has 1 amide bonds. The highest BCUT2D eigenvalue weighted by Crippen LogP contribution is 2.29. The second-order valence-corrected chi connectivity index (χ2v) is 8.42. The number of hydrogen-bond acceptors (Lipinski definition) is 5. The number of carbonyl (C=O) groups excluding carboxylic acids is 1. The average molecular weight is 377 g/mol. The molecule has 0 bridgehead atoms. The van der Waals surface area contributed by atoms with Crippen LogP contribution in [0.4, 0.5) is 0 Å². The number of aryl methyl sites for hydroxylation is 1. The minimum Gasteiger partial charge on any atom is -0.379 e. The minimum atomic E-state index is -3.69. The molecular weight excluding hydrogens is 354 g/mol. The first-order valence-electron chi connectivity index (χ1n) is 8.87. The Kier molecular flexibility index (Phi) is 5.61. The van der Waals surface area contributed by atoms with E-state index in [0.717, 1.165) is 12.8 Å². The van der Waals surface area contributed by atoms with E-state index in [1.165, 1.54) is 15.3 Å². The predicted molar refractivity (Wildman–Crippen MR) is 95.1 cm³/mol. The zero-order chi connectivity index (χ0) is 18.7. The fourth-order valence-electron chi connectivity index (χ4n) is 3.14. The molecule has 0 N–H and O–H groups in total. The third-order valence-corrected chi connectivity index (χ3v) is 6.75. The Labute approximate surface area is 154 Å². The van der Waals surface area contributed by atoms with Gasteiger partial charge in [-0.15, -0.1) is 0 Å². The van der Waals surface area contributed by atoms with Crippen molar-refractivity contribution in [2.45, 2.75) is 37.1 Å². The summed E-state index contributed by atoms with van der Waals surface area (Å²) in [6.07, 6.45) is 2.33. The molecule has 1 saturated heterocycles. The summed E-state index contributed by atoms with van der Waals surface area (Å²) < 4.78 is 32.8. The Hall–Kier alpha value is -1.95. The van der Waals surface area contributed by atoms with Gasteiger partial charge in [0.15, 0.2) is 0 Å². The summed E-state index contributed by atoms with van der Waals surface area (Å²) in [5, 5.41) is 8.99. The number of nitriles is 1. The second-order valence-electron chi connectivity index (χ2n) is 6.51. The molecule has 140 valence electrons. The highest BCUT2D eigenvalue weighted by Gasteiger charge is 2.34. The smallest absolute Gasteiger partial charge is 0.255 e. The molecule has 3 rings (SSSR count). The van der Waals surface area contributed by atoms with Crippen molar-refractivity contribution in [3.8, 4) is 6.07 Å². The Morgan fingerprint density at radius 3 is 2.62 bits per heavy atom.